The minimum Gasteiger partial charge on any atom is -0.332 e. The maximum atomic E-state index is 13.9. The number of aromatic amines is 1. The summed E-state index contributed by atoms with van der Waals surface area (Å²) in [6.07, 6.45) is 1.10. The van der Waals surface area contributed by atoms with Crippen LogP contribution in [0.1, 0.15) is 29.3 Å². The first-order valence-corrected chi connectivity index (χ1v) is 7.81. The van der Waals surface area contributed by atoms with E-state index in [0.29, 0.717) is 12.6 Å². The SMILES string of the molecule is C[C@@H]1c2c(F)cnn2CCN1C(=O)c1nc2c(F)cc(F)c(Cl)c2[nH]1. The third-order valence-electron chi connectivity index (χ3n) is 4.33. The number of imidazole rings is 1. The van der Waals surface area contributed by atoms with Gasteiger partial charge in [-0.1, -0.05) is 11.6 Å². The Hall–Kier alpha value is -2.55. The highest BCUT2D eigenvalue weighted by Gasteiger charge is 2.33. The van der Waals surface area contributed by atoms with Gasteiger partial charge in [-0.05, 0) is 6.92 Å². The molecule has 1 N–H and O–H groups in total. The van der Waals surface area contributed by atoms with Crippen LogP contribution in [0.3, 0.4) is 0 Å². The normalized spacial score (nSPS) is 17.2. The second kappa shape index (κ2) is 5.48. The molecule has 130 valence electrons. The van der Waals surface area contributed by atoms with Crippen LogP contribution in [-0.4, -0.2) is 37.1 Å². The Labute approximate surface area is 144 Å². The summed E-state index contributed by atoms with van der Waals surface area (Å²) in [4.78, 5) is 20.6. The van der Waals surface area contributed by atoms with Gasteiger partial charge in [-0.3, -0.25) is 9.48 Å². The molecular formula is C15H11ClF3N5O. The van der Waals surface area contributed by atoms with E-state index in [1.807, 2.05) is 0 Å². The van der Waals surface area contributed by atoms with Crippen molar-refractivity contribution in [2.24, 2.45) is 0 Å². The highest BCUT2D eigenvalue weighted by Crippen LogP contribution is 2.30. The number of hydrogen-bond donors (Lipinski definition) is 1. The van der Waals surface area contributed by atoms with Gasteiger partial charge in [0, 0.05) is 12.6 Å². The van der Waals surface area contributed by atoms with Gasteiger partial charge in [-0.25, -0.2) is 18.2 Å². The second-order valence-corrected chi connectivity index (χ2v) is 6.12. The minimum absolute atomic E-state index is 0.0941. The van der Waals surface area contributed by atoms with Crippen LogP contribution < -0.4 is 0 Å². The van der Waals surface area contributed by atoms with E-state index in [9.17, 15) is 18.0 Å². The molecule has 0 saturated carbocycles. The van der Waals surface area contributed by atoms with Crippen molar-refractivity contribution < 1.29 is 18.0 Å². The van der Waals surface area contributed by atoms with Crippen LogP contribution in [0.2, 0.25) is 5.02 Å². The summed E-state index contributed by atoms with van der Waals surface area (Å²) in [5.41, 5.74) is -0.0370. The molecule has 3 heterocycles. The number of carbonyl (C=O) groups excluding carboxylic acids is 1. The van der Waals surface area contributed by atoms with Gasteiger partial charge in [0.15, 0.2) is 17.5 Å². The van der Waals surface area contributed by atoms with E-state index >= 15 is 0 Å². The third-order valence-corrected chi connectivity index (χ3v) is 4.69. The van der Waals surface area contributed by atoms with Gasteiger partial charge in [0.2, 0.25) is 0 Å². The zero-order chi connectivity index (χ0) is 17.9. The van der Waals surface area contributed by atoms with Gasteiger partial charge >= 0.3 is 0 Å². The molecule has 0 bridgehead atoms. The molecule has 1 aliphatic rings. The van der Waals surface area contributed by atoms with Crippen molar-refractivity contribution in [2.45, 2.75) is 19.5 Å². The molecule has 3 aromatic rings. The summed E-state index contributed by atoms with van der Waals surface area (Å²) in [7, 11) is 0. The van der Waals surface area contributed by atoms with Gasteiger partial charge in [-0.15, -0.1) is 0 Å². The number of aromatic nitrogens is 4. The van der Waals surface area contributed by atoms with E-state index < -0.39 is 29.4 Å². The summed E-state index contributed by atoms with van der Waals surface area (Å²) in [6.45, 7) is 2.25. The second-order valence-electron chi connectivity index (χ2n) is 5.74. The maximum absolute atomic E-state index is 13.9. The van der Waals surface area contributed by atoms with Gasteiger partial charge < -0.3 is 9.88 Å². The molecule has 1 atom stereocenters. The number of H-pyrrole nitrogens is 1. The van der Waals surface area contributed by atoms with E-state index in [1.165, 1.54) is 9.58 Å². The first-order valence-electron chi connectivity index (χ1n) is 7.44. The number of rotatable bonds is 1. The average Bonchev–Trinajstić information content (AvgIpc) is 3.18. The predicted molar refractivity (Wildman–Crippen MR) is 82.7 cm³/mol. The number of benzene rings is 1. The fourth-order valence-corrected chi connectivity index (χ4v) is 3.28. The average molecular weight is 370 g/mol. The number of amides is 1. The maximum Gasteiger partial charge on any atom is 0.290 e. The fourth-order valence-electron chi connectivity index (χ4n) is 3.09. The molecule has 0 saturated heterocycles. The summed E-state index contributed by atoms with van der Waals surface area (Å²) < 4.78 is 42.8. The van der Waals surface area contributed by atoms with E-state index in [0.717, 1.165) is 6.20 Å². The van der Waals surface area contributed by atoms with Crippen molar-refractivity contribution in [3.8, 4) is 0 Å². The molecule has 2 aromatic heterocycles. The van der Waals surface area contributed by atoms with Gasteiger partial charge in [0.25, 0.3) is 5.91 Å². The van der Waals surface area contributed by atoms with Crippen LogP contribution in [0.25, 0.3) is 11.0 Å². The number of hydrogen-bond acceptors (Lipinski definition) is 3. The Bertz CT molecular complexity index is 1010. The lowest BCUT2D eigenvalue weighted by Gasteiger charge is -2.33. The fraction of sp³-hybridized carbons (Fsp3) is 0.267. The highest BCUT2D eigenvalue weighted by atomic mass is 35.5. The number of nitrogens with zero attached hydrogens (tertiary/aromatic N) is 4. The van der Waals surface area contributed by atoms with Crippen molar-refractivity contribution in [2.75, 3.05) is 6.54 Å². The molecule has 0 spiro atoms. The first kappa shape index (κ1) is 15.9. The minimum atomic E-state index is -0.952. The van der Waals surface area contributed by atoms with Crippen LogP contribution in [0.5, 0.6) is 0 Å². The molecule has 1 aromatic carbocycles. The van der Waals surface area contributed by atoms with Crippen molar-refractivity contribution >= 4 is 28.5 Å². The van der Waals surface area contributed by atoms with Crippen LogP contribution in [0.4, 0.5) is 13.2 Å². The Balaban J connectivity index is 1.75. The first-order chi connectivity index (χ1) is 11.9. The topological polar surface area (TPSA) is 66.8 Å². The Morgan fingerprint density at radius 3 is 2.80 bits per heavy atom. The zero-order valence-electron chi connectivity index (χ0n) is 12.9. The number of carbonyl (C=O) groups is 1. The van der Waals surface area contributed by atoms with Crippen molar-refractivity contribution in [3.63, 3.8) is 0 Å². The standard InChI is InChI=1S/C15H11ClF3N5O/c1-6-13-9(19)5-20-24(13)3-2-23(6)15(25)14-21-11-8(18)4-7(17)10(16)12(11)22-14/h4-6H,2-3H2,1H3,(H,21,22)/t6-/m1/s1. The molecule has 1 amide bonds. The summed E-state index contributed by atoms with van der Waals surface area (Å²) in [5, 5.41) is 3.56. The van der Waals surface area contributed by atoms with Gasteiger partial charge in [-0.2, -0.15) is 5.10 Å². The molecule has 4 rings (SSSR count). The number of nitrogens with one attached hydrogen (secondary N) is 1. The predicted octanol–water partition coefficient (Wildman–Crippen LogP) is 3.05. The molecule has 10 heteroatoms. The van der Waals surface area contributed by atoms with Crippen molar-refractivity contribution in [1.29, 1.82) is 0 Å². The molecule has 0 unspecified atom stereocenters. The highest BCUT2D eigenvalue weighted by molar-refractivity contribution is 6.35. The monoisotopic (exact) mass is 369 g/mol. The lowest BCUT2D eigenvalue weighted by molar-refractivity contribution is 0.0621. The van der Waals surface area contributed by atoms with Crippen LogP contribution in [-0.2, 0) is 6.54 Å². The molecule has 6 nitrogen and oxygen atoms in total. The lowest BCUT2D eigenvalue weighted by atomic mass is 10.1. The number of fused-ring (bicyclic) bond motifs is 2. The quantitative estimate of drug-likeness (QED) is 0.670. The van der Waals surface area contributed by atoms with Gasteiger partial charge in [0.1, 0.15) is 16.4 Å². The van der Waals surface area contributed by atoms with Crippen LogP contribution >= 0.6 is 11.6 Å². The third kappa shape index (κ3) is 2.30. The molecule has 25 heavy (non-hydrogen) atoms. The molecule has 0 radical (unpaired) electrons. The summed E-state index contributed by atoms with van der Waals surface area (Å²) in [5.74, 6) is -3.14. The Kier molecular flexibility index (Phi) is 3.50. The largest absolute Gasteiger partial charge is 0.332 e. The van der Waals surface area contributed by atoms with E-state index in [1.54, 1.807) is 6.92 Å². The molecular weight excluding hydrogens is 359 g/mol. The van der Waals surface area contributed by atoms with Gasteiger partial charge in [0.05, 0.1) is 30.0 Å². The molecule has 0 fully saturated rings. The summed E-state index contributed by atoms with van der Waals surface area (Å²) in [6, 6.07) is 0.0195. The number of halogens is 4. The van der Waals surface area contributed by atoms with Crippen LogP contribution in [0.15, 0.2) is 12.3 Å². The molecule has 1 aliphatic heterocycles. The van der Waals surface area contributed by atoms with E-state index in [2.05, 4.69) is 15.1 Å². The van der Waals surface area contributed by atoms with Crippen molar-refractivity contribution in [1.82, 2.24) is 24.6 Å². The van der Waals surface area contributed by atoms with E-state index in [-0.39, 0.29) is 34.1 Å². The zero-order valence-corrected chi connectivity index (χ0v) is 13.6. The summed E-state index contributed by atoms with van der Waals surface area (Å²) >= 11 is 5.80. The van der Waals surface area contributed by atoms with Crippen molar-refractivity contribution in [3.05, 3.63) is 46.3 Å². The smallest absolute Gasteiger partial charge is 0.290 e. The Morgan fingerprint density at radius 1 is 1.28 bits per heavy atom. The van der Waals surface area contributed by atoms with E-state index in [4.69, 9.17) is 11.6 Å². The van der Waals surface area contributed by atoms with Crippen LogP contribution in [0, 0.1) is 17.5 Å². The lowest BCUT2D eigenvalue weighted by Crippen LogP contribution is -2.41. The Morgan fingerprint density at radius 2 is 2.04 bits per heavy atom. The molecule has 0 aliphatic carbocycles.